The maximum atomic E-state index is 11.8. The molecule has 0 aliphatic heterocycles. The SMILES string of the molecule is COCCOCCn1nc(C(=O)OC)c([N+](=O)[O-])c1C(=O)OC. The van der Waals surface area contributed by atoms with Crippen molar-refractivity contribution in [2.45, 2.75) is 6.54 Å². The minimum absolute atomic E-state index is 0.00593. The molecule has 1 aromatic rings. The molecule has 0 spiro atoms. The summed E-state index contributed by atoms with van der Waals surface area (Å²) in [6.45, 7) is 0.784. The molecule has 0 atom stereocenters. The first-order valence-corrected chi connectivity index (χ1v) is 6.46. The minimum atomic E-state index is -1.03. The van der Waals surface area contributed by atoms with Crippen LogP contribution in [0.5, 0.6) is 0 Å². The Morgan fingerprint density at radius 1 is 1.13 bits per heavy atom. The molecule has 0 saturated carbocycles. The zero-order valence-corrected chi connectivity index (χ0v) is 12.9. The summed E-state index contributed by atoms with van der Waals surface area (Å²) >= 11 is 0. The van der Waals surface area contributed by atoms with Crippen molar-refractivity contribution < 1.29 is 33.5 Å². The highest BCUT2D eigenvalue weighted by atomic mass is 16.6. The van der Waals surface area contributed by atoms with E-state index in [9.17, 15) is 19.7 Å². The van der Waals surface area contributed by atoms with Crippen molar-refractivity contribution in [2.75, 3.05) is 41.2 Å². The van der Waals surface area contributed by atoms with E-state index in [-0.39, 0.29) is 13.2 Å². The zero-order chi connectivity index (χ0) is 17.4. The number of carbonyl (C=O) groups is 2. The number of hydrogen-bond donors (Lipinski definition) is 0. The van der Waals surface area contributed by atoms with E-state index in [0.29, 0.717) is 13.2 Å². The molecular weight excluding hydrogens is 314 g/mol. The molecule has 11 heteroatoms. The highest BCUT2D eigenvalue weighted by Gasteiger charge is 2.37. The van der Waals surface area contributed by atoms with Gasteiger partial charge in [0.15, 0.2) is 0 Å². The van der Waals surface area contributed by atoms with Gasteiger partial charge in [-0.1, -0.05) is 0 Å². The summed E-state index contributed by atoms with van der Waals surface area (Å²) in [7, 11) is 3.63. The lowest BCUT2D eigenvalue weighted by Gasteiger charge is -2.06. The number of ether oxygens (including phenoxy) is 4. The summed E-state index contributed by atoms with van der Waals surface area (Å²) in [6, 6.07) is 0. The van der Waals surface area contributed by atoms with Crippen molar-refractivity contribution in [1.29, 1.82) is 0 Å². The fourth-order valence-corrected chi connectivity index (χ4v) is 1.72. The first kappa shape index (κ1) is 18.5. The third kappa shape index (κ3) is 4.47. The van der Waals surface area contributed by atoms with Crippen LogP contribution in [0.15, 0.2) is 0 Å². The lowest BCUT2D eigenvalue weighted by atomic mass is 10.3. The summed E-state index contributed by atoms with van der Waals surface area (Å²) in [6.07, 6.45) is 0. The first-order valence-electron chi connectivity index (χ1n) is 6.46. The van der Waals surface area contributed by atoms with Crippen LogP contribution in [-0.2, 0) is 25.5 Å². The van der Waals surface area contributed by atoms with Crippen LogP contribution in [0.25, 0.3) is 0 Å². The van der Waals surface area contributed by atoms with E-state index in [4.69, 9.17) is 9.47 Å². The maximum Gasteiger partial charge on any atom is 0.365 e. The predicted molar refractivity (Wildman–Crippen MR) is 74.3 cm³/mol. The van der Waals surface area contributed by atoms with E-state index in [2.05, 4.69) is 14.6 Å². The minimum Gasteiger partial charge on any atom is -0.464 e. The molecule has 0 aliphatic rings. The third-order valence-electron chi connectivity index (χ3n) is 2.75. The van der Waals surface area contributed by atoms with Gasteiger partial charge in [-0.3, -0.25) is 10.1 Å². The third-order valence-corrected chi connectivity index (χ3v) is 2.75. The molecule has 0 saturated heterocycles. The van der Waals surface area contributed by atoms with Crippen LogP contribution in [0, 0.1) is 10.1 Å². The van der Waals surface area contributed by atoms with E-state index < -0.39 is 33.9 Å². The molecule has 0 fully saturated rings. The lowest BCUT2D eigenvalue weighted by molar-refractivity contribution is -0.385. The Morgan fingerprint density at radius 3 is 2.30 bits per heavy atom. The van der Waals surface area contributed by atoms with Crippen LogP contribution in [0.4, 0.5) is 5.69 Å². The van der Waals surface area contributed by atoms with E-state index in [0.717, 1.165) is 18.9 Å². The Balaban J connectivity index is 3.14. The van der Waals surface area contributed by atoms with Gasteiger partial charge >= 0.3 is 17.6 Å². The fraction of sp³-hybridized carbons (Fsp3) is 0.583. The molecule has 0 aliphatic carbocycles. The molecule has 128 valence electrons. The topological polar surface area (TPSA) is 132 Å². The summed E-state index contributed by atoms with van der Waals surface area (Å²) in [4.78, 5) is 33.8. The van der Waals surface area contributed by atoms with Gasteiger partial charge < -0.3 is 18.9 Å². The van der Waals surface area contributed by atoms with Crippen LogP contribution in [-0.4, -0.2) is 67.8 Å². The van der Waals surface area contributed by atoms with E-state index in [1.165, 1.54) is 7.11 Å². The van der Waals surface area contributed by atoms with Gasteiger partial charge in [-0.05, 0) is 0 Å². The fourth-order valence-electron chi connectivity index (χ4n) is 1.72. The lowest BCUT2D eigenvalue weighted by Crippen LogP contribution is -2.17. The molecule has 0 radical (unpaired) electrons. The van der Waals surface area contributed by atoms with Crippen LogP contribution in [0.3, 0.4) is 0 Å². The quantitative estimate of drug-likeness (QED) is 0.266. The maximum absolute atomic E-state index is 11.8. The number of carbonyl (C=O) groups excluding carboxylic acids is 2. The zero-order valence-electron chi connectivity index (χ0n) is 12.9. The van der Waals surface area contributed by atoms with Gasteiger partial charge in [0.1, 0.15) is 0 Å². The number of nitro groups is 1. The van der Waals surface area contributed by atoms with Gasteiger partial charge in [0.25, 0.3) is 0 Å². The second-order valence-electron chi connectivity index (χ2n) is 4.11. The Bertz CT molecular complexity index is 583. The van der Waals surface area contributed by atoms with Crippen molar-refractivity contribution >= 4 is 17.6 Å². The van der Waals surface area contributed by atoms with Gasteiger partial charge in [0.2, 0.25) is 11.4 Å². The Morgan fingerprint density at radius 2 is 1.78 bits per heavy atom. The van der Waals surface area contributed by atoms with Gasteiger partial charge in [-0.2, -0.15) is 5.10 Å². The highest BCUT2D eigenvalue weighted by Crippen LogP contribution is 2.25. The van der Waals surface area contributed by atoms with E-state index >= 15 is 0 Å². The van der Waals surface area contributed by atoms with Crippen molar-refractivity contribution in [3.8, 4) is 0 Å². The Hall–Kier alpha value is -2.53. The number of esters is 2. The van der Waals surface area contributed by atoms with Gasteiger partial charge in [0.05, 0.1) is 45.5 Å². The number of methoxy groups -OCH3 is 3. The molecule has 23 heavy (non-hydrogen) atoms. The monoisotopic (exact) mass is 331 g/mol. The van der Waals surface area contributed by atoms with Gasteiger partial charge in [0, 0.05) is 7.11 Å². The number of aromatic nitrogens is 2. The number of nitrogens with zero attached hydrogens (tertiary/aromatic N) is 3. The summed E-state index contributed by atoms with van der Waals surface area (Å²) in [5.41, 5.74) is -1.79. The van der Waals surface area contributed by atoms with Gasteiger partial charge in [-0.25, -0.2) is 14.3 Å². The molecule has 1 heterocycles. The second-order valence-corrected chi connectivity index (χ2v) is 4.11. The molecule has 1 aromatic heterocycles. The molecule has 0 amide bonds. The number of rotatable bonds is 9. The van der Waals surface area contributed by atoms with Crippen molar-refractivity contribution in [2.24, 2.45) is 0 Å². The first-order chi connectivity index (χ1) is 11.0. The van der Waals surface area contributed by atoms with Crippen LogP contribution < -0.4 is 0 Å². The largest absolute Gasteiger partial charge is 0.464 e. The molecule has 11 nitrogen and oxygen atoms in total. The van der Waals surface area contributed by atoms with E-state index in [1.807, 2.05) is 0 Å². The second kappa shape index (κ2) is 8.80. The van der Waals surface area contributed by atoms with Crippen molar-refractivity contribution in [3.63, 3.8) is 0 Å². The van der Waals surface area contributed by atoms with E-state index in [1.54, 1.807) is 0 Å². The van der Waals surface area contributed by atoms with Crippen molar-refractivity contribution in [3.05, 3.63) is 21.5 Å². The van der Waals surface area contributed by atoms with Crippen LogP contribution in [0.2, 0.25) is 0 Å². The normalized spacial score (nSPS) is 10.4. The molecule has 1 rings (SSSR count). The smallest absolute Gasteiger partial charge is 0.365 e. The van der Waals surface area contributed by atoms with Crippen LogP contribution >= 0.6 is 0 Å². The summed E-state index contributed by atoms with van der Waals surface area (Å²) in [5, 5.41) is 15.0. The van der Waals surface area contributed by atoms with Gasteiger partial charge in [-0.15, -0.1) is 0 Å². The Kier molecular flexibility index (Phi) is 7.09. The molecule has 0 aromatic carbocycles. The average Bonchev–Trinajstić information content (AvgIpc) is 2.92. The standard InChI is InChI=1S/C12H17N3O8/c1-20-6-7-23-5-4-14-10(12(17)22-3)9(15(18)19)8(13-14)11(16)21-2/h4-7H2,1-3H3. The number of hydrogen-bond acceptors (Lipinski definition) is 9. The Labute approximate surface area is 131 Å². The molecule has 0 N–H and O–H groups in total. The molecule has 0 unspecified atom stereocenters. The summed E-state index contributed by atoms with van der Waals surface area (Å²) in [5.74, 6) is -2.02. The van der Waals surface area contributed by atoms with Crippen molar-refractivity contribution in [1.82, 2.24) is 9.78 Å². The summed E-state index contributed by atoms with van der Waals surface area (Å²) < 4.78 is 20.0. The highest BCUT2D eigenvalue weighted by molar-refractivity contribution is 6.00. The molecular formula is C12H17N3O8. The predicted octanol–water partition coefficient (Wildman–Crippen LogP) is 0.0275. The van der Waals surface area contributed by atoms with Crippen LogP contribution in [0.1, 0.15) is 21.0 Å². The average molecular weight is 331 g/mol. The molecule has 0 bridgehead atoms.